The molecule has 1 saturated heterocycles. The molecule has 1 fully saturated rings. The van der Waals surface area contributed by atoms with E-state index in [4.69, 9.17) is 9.47 Å². The van der Waals surface area contributed by atoms with E-state index in [1.54, 1.807) is 0 Å². The Morgan fingerprint density at radius 3 is 2.58 bits per heavy atom. The number of hydrogen-bond donors (Lipinski definition) is 2. The van der Waals surface area contributed by atoms with Crippen molar-refractivity contribution >= 4 is 23.5 Å². The molecular formula is C23H32N6O2. The molecule has 0 radical (unpaired) electrons. The van der Waals surface area contributed by atoms with Gasteiger partial charge in [-0.25, -0.2) is 0 Å². The molecule has 1 aromatic heterocycles. The van der Waals surface area contributed by atoms with Gasteiger partial charge in [0, 0.05) is 25.3 Å². The van der Waals surface area contributed by atoms with Gasteiger partial charge in [-0.2, -0.15) is 15.0 Å². The van der Waals surface area contributed by atoms with Crippen LogP contribution in [0.1, 0.15) is 39.0 Å². The van der Waals surface area contributed by atoms with Gasteiger partial charge in [0.05, 0.1) is 19.8 Å². The van der Waals surface area contributed by atoms with E-state index in [2.05, 4.69) is 36.6 Å². The molecule has 2 aliphatic rings. The molecule has 0 spiro atoms. The van der Waals surface area contributed by atoms with Gasteiger partial charge in [-0.1, -0.05) is 11.6 Å². The minimum Gasteiger partial charge on any atom is -0.494 e. The predicted molar refractivity (Wildman–Crippen MR) is 123 cm³/mol. The van der Waals surface area contributed by atoms with E-state index in [0.717, 1.165) is 37.5 Å². The number of hydrogen-bond acceptors (Lipinski definition) is 8. The van der Waals surface area contributed by atoms with E-state index in [-0.39, 0.29) is 0 Å². The van der Waals surface area contributed by atoms with Gasteiger partial charge in [-0.15, -0.1) is 0 Å². The zero-order valence-electron chi connectivity index (χ0n) is 18.3. The number of benzene rings is 1. The van der Waals surface area contributed by atoms with Crippen LogP contribution in [0, 0.1) is 0 Å². The molecule has 2 N–H and O–H groups in total. The van der Waals surface area contributed by atoms with Crippen LogP contribution in [-0.2, 0) is 4.74 Å². The second-order valence-corrected chi connectivity index (χ2v) is 7.75. The minimum atomic E-state index is 0.528. The van der Waals surface area contributed by atoms with Crippen LogP contribution in [0.2, 0.25) is 0 Å². The fraction of sp³-hybridized carbons (Fsp3) is 0.522. The smallest absolute Gasteiger partial charge is 0.233 e. The van der Waals surface area contributed by atoms with Gasteiger partial charge in [0.2, 0.25) is 17.8 Å². The number of ether oxygens (including phenoxy) is 2. The van der Waals surface area contributed by atoms with Gasteiger partial charge in [-0.3, -0.25) is 0 Å². The van der Waals surface area contributed by atoms with Crippen molar-refractivity contribution in [3.8, 4) is 5.75 Å². The molecule has 0 saturated carbocycles. The van der Waals surface area contributed by atoms with E-state index < -0.39 is 0 Å². The Morgan fingerprint density at radius 2 is 1.84 bits per heavy atom. The Hall–Kier alpha value is -2.87. The molecule has 8 heteroatoms. The first-order valence-electron chi connectivity index (χ1n) is 11.3. The monoisotopic (exact) mass is 424 g/mol. The third-order valence-electron chi connectivity index (χ3n) is 5.45. The Balaban J connectivity index is 1.47. The summed E-state index contributed by atoms with van der Waals surface area (Å²) < 4.78 is 11.0. The maximum absolute atomic E-state index is 5.52. The van der Waals surface area contributed by atoms with E-state index in [9.17, 15) is 0 Å². The fourth-order valence-corrected chi connectivity index (χ4v) is 3.80. The van der Waals surface area contributed by atoms with Crippen LogP contribution in [0.3, 0.4) is 0 Å². The second-order valence-electron chi connectivity index (χ2n) is 7.75. The van der Waals surface area contributed by atoms with Crippen LogP contribution in [0.4, 0.5) is 23.5 Å². The average Bonchev–Trinajstić information content (AvgIpc) is 2.82. The van der Waals surface area contributed by atoms with Crippen molar-refractivity contribution in [1.82, 2.24) is 15.0 Å². The highest BCUT2D eigenvalue weighted by Crippen LogP contribution is 2.22. The van der Waals surface area contributed by atoms with E-state index in [0.29, 0.717) is 37.7 Å². The molecule has 1 aromatic carbocycles. The maximum atomic E-state index is 5.52. The molecule has 0 amide bonds. The van der Waals surface area contributed by atoms with Gasteiger partial charge in [-0.05, 0) is 63.3 Å². The van der Waals surface area contributed by atoms with Crippen LogP contribution in [0.15, 0.2) is 35.9 Å². The Labute approximate surface area is 184 Å². The Bertz CT molecular complexity index is 865. The Kier molecular flexibility index (Phi) is 7.55. The fourth-order valence-electron chi connectivity index (χ4n) is 3.80. The first-order chi connectivity index (χ1) is 15.3. The summed E-state index contributed by atoms with van der Waals surface area (Å²) in [6.07, 6.45) is 8.44. The summed E-state index contributed by atoms with van der Waals surface area (Å²) in [4.78, 5) is 16.1. The van der Waals surface area contributed by atoms with Gasteiger partial charge in [0.25, 0.3) is 0 Å². The molecular weight excluding hydrogens is 392 g/mol. The van der Waals surface area contributed by atoms with Crippen molar-refractivity contribution in [2.45, 2.75) is 39.0 Å². The number of nitrogens with one attached hydrogen (secondary N) is 2. The first kappa shape index (κ1) is 21.4. The highest BCUT2D eigenvalue weighted by Gasteiger charge is 2.17. The molecule has 8 nitrogen and oxygen atoms in total. The van der Waals surface area contributed by atoms with Crippen molar-refractivity contribution in [3.05, 3.63) is 35.9 Å². The van der Waals surface area contributed by atoms with Crippen molar-refractivity contribution in [1.29, 1.82) is 0 Å². The highest BCUT2D eigenvalue weighted by atomic mass is 16.5. The lowest BCUT2D eigenvalue weighted by molar-refractivity contribution is 0.122. The first-order valence-corrected chi connectivity index (χ1v) is 11.3. The standard InChI is InChI=1S/C23H32N6O2/c1-2-31-20-10-8-19(9-11-20)25-22-26-21(24-13-12-18-6-4-3-5-7-18)27-23(28-22)29-14-16-30-17-15-29/h6,8-11H,2-5,7,12-17H2,1H3,(H2,24,25,26,27,28). The molecule has 1 aliphatic carbocycles. The third-order valence-corrected chi connectivity index (χ3v) is 5.45. The quantitative estimate of drug-likeness (QED) is 0.581. The second kappa shape index (κ2) is 10.9. The van der Waals surface area contributed by atoms with Crippen LogP contribution < -0.4 is 20.3 Å². The summed E-state index contributed by atoms with van der Waals surface area (Å²) in [5.41, 5.74) is 2.44. The van der Waals surface area contributed by atoms with Crippen LogP contribution in [0.25, 0.3) is 0 Å². The molecule has 0 atom stereocenters. The topological polar surface area (TPSA) is 84.4 Å². The van der Waals surface area contributed by atoms with Crippen LogP contribution in [-0.4, -0.2) is 54.4 Å². The largest absolute Gasteiger partial charge is 0.494 e. The number of morpholine rings is 1. The van der Waals surface area contributed by atoms with Crippen molar-refractivity contribution in [2.24, 2.45) is 0 Å². The maximum Gasteiger partial charge on any atom is 0.233 e. The van der Waals surface area contributed by atoms with Crippen molar-refractivity contribution < 1.29 is 9.47 Å². The zero-order valence-corrected chi connectivity index (χ0v) is 18.3. The summed E-state index contributed by atoms with van der Waals surface area (Å²) in [5, 5.41) is 6.71. The number of rotatable bonds is 9. The molecule has 0 bridgehead atoms. The lowest BCUT2D eigenvalue weighted by Gasteiger charge is -2.27. The number of nitrogens with zero attached hydrogens (tertiary/aromatic N) is 4. The van der Waals surface area contributed by atoms with Gasteiger partial charge in [0.15, 0.2) is 0 Å². The molecule has 1 aliphatic heterocycles. The molecule has 31 heavy (non-hydrogen) atoms. The Morgan fingerprint density at radius 1 is 1.03 bits per heavy atom. The van der Waals surface area contributed by atoms with Crippen LogP contribution in [0.5, 0.6) is 5.75 Å². The lowest BCUT2D eigenvalue weighted by atomic mass is 9.97. The minimum absolute atomic E-state index is 0.528. The SMILES string of the molecule is CCOc1ccc(Nc2nc(NCCC3=CCCCC3)nc(N3CCOCC3)n2)cc1. The summed E-state index contributed by atoms with van der Waals surface area (Å²) in [6.45, 7) is 6.37. The van der Waals surface area contributed by atoms with E-state index in [1.165, 1.54) is 31.3 Å². The molecule has 2 aromatic rings. The van der Waals surface area contributed by atoms with Crippen LogP contribution >= 0.6 is 0 Å². The molecule has 2 heterocycles. The predicted octanol–water partition coefficient (Wildman–Crippen LogP) is 4.15. The number of anilines is 4. The zero-order chi connectivity index (χ0) is 21.3. The third kappa shape index (κ3) is 6.30. The lowest BCUT2D eigenvalue weighted by Crippen LogP contribution is -2.37. The number of aromatic nitrogens is 3. The van der Waals surface area contributed by atoms with Crippen molar-refractivity contribution in [2.75, 3.05) is 55.0 Å². The summed E-state index contributed by atoms with van der Waals surface area (Å²) in [7, 11) is 0. The van der Waals surface area contributed by atoms with E-state index in [1.807, 2.05) is 31.2 Å². The van der Waals surface area contributed by atoms with Gasteiger partial charge >= 0.3 is 0 Å². The average molecular weight is 425 g/mol. The van der Waals surface area contributed by atoms with Crippen molar-refractivity contribution in [3.63, 3.8) is 0 Å². The summed E-state index contributed by atoms with van der Waals surface area (Å²) in [5.74, 6) is 2.64. The molecule has 0 unspecified atom stereocenters. The molecule has 166 valence electrons. The van der Waals surface area contributed by atoms with Gasteiger partial charge < -0.3 is 25.0 Å². The highest BCUT2D eigenvalue weighted by molar-refractivity contribution is 5.57. The normalized spacial score (nSPS) is 16.5. The number of allylic oxidation sites excluding steroid dienone is 1. The van der Waals surface area contributed by atoms with E-state index >= 15 is 0 Å². The summed E-state index contributed by atoms with van der Waals surface area (Å²) >= 11 is 0. The molecule has 4 rings (SSSR count). The van der Waals surface area contributed by atoms with Gasteiger partial charge in [0.1, 0.15) is 5.75 Å². The summed E-state index contributed by atoms with van der Waals surface area (Å²) in [6, 6.07) is 7.80.